The maximum Gasteiger partial charge on any atom is 0.511 e. The smallest absolute Gasteiger partial charge is 0.429 e. The standard InChI is InChI=1S/C18H24O8/c1-11-22-10-13-14(24-11)15(20-2)16(21-3)17(25-13)26-18(19)23-9-12-7-5-4-6-8-12/h4-8,11,13-17H,9-10H2,1-3H3. The molecule has 0 N–H and O–H groups in total. The fraction of sp³-hybridized carbons (Fsp3) is 0.611. The Morgan fingerprint density at radius 1 is 1.12 bits per heavy atom. The van der Waals surface area contributed by atoms with Gasteiger partial charge in [0.2, 0.25) is 6.29 Å². The van der Waals surface area contributed by atoms with Gasteiger partial charge in [0.15, 0.2) is 6.29 Å². The molecule has 2 heterocycles. The summed E-state index contributed by atoms with van der Waals surface area (Å²) < 4.78 is 38.5. The van der Waals surface area contributed by atoms with Gasteiger partial charge in [-0.2, -0.15) is 0 Å². The molecule has 0 aliphatic carbocycles. The van der Waals surface area contributed by atoms with E-state index in [0.29, 0.717) is 6.61 Å². The van der Waals surface area contributed by atoms with Crippen molar-refractivity contribution >= 4 is 6.16 Å². The van der Waals surface area contributed by atoms with Crippen molar-refractivity contribution in [2.45, 2.75) is 50.5 Å². The maximum absolute atomic E-state index is 12.1. The van der Waals surface area contributed by atoms with Gasteiger partial charge < -0.3 is 33.2 Å². The van der Waals surface area contributed by atoms with Crippen LogP contribution < -0.4 is 0 Å². The summed E-state index contributed by atoms with van der Waals surface area (Å²) in [5, 5.41) is 0. The van der Waals surface area contributed by atoms with Crippen LogP contribution in [-0.4, -0.2) is 64.0 Å². The van der Waals surface area contributed by atoms with Crippen LogP contribution in [0, 0.1) is 0 Å². The molecule has 1 aromatic rings. The van der Waals surface area contributed by atoms with E-state index in [1.807, 2.05) is 30.3 Å². The highest BCUT2D eigenvalue weighted by Gasteiger charge is 2.51. The van der Waals surface area contributed by atoms with Crippen molar-refractivity contribution < 1.29 is 38.0 Å². The number of ether oxygens (including phenoxy) is 7. The summed E-state index contributed by atoms with van der Waals surface area (Å²) in [6.45, 7) is 2.21. The summed E-state index contributed by atoms with van der Waals surface area (Å²) >= 11 is 0. The molecule has 2 aliphatic rings. The Morgan fingerprint density at radius 3 is 2.54 bits per heavy atom. The van der Waals surface area contributed by atoms with Gasteiger partial charge in [-0.1, -0.05) is 30.3 Å². The predicted octanol–water partition coefficient (Wildman–Crippen LogP) is 1.86. The Kier molecular flexibility index (Phi) is 6.44. The maximum atomic E-state index is 12.1. The number of methoxy groups -OCH3 is 2. The van der Waals surface area contributed by atoms with Crippen molar-refractivity contribution in [3.8, 4) is 0 Å². The third kappa shape index (κ3) is 4.33. The Hall–Kier alpha value is -1.71. The van der Waals surface area contributed by atoms with Gasteiger partial charge in [0.25, 0.3) is 0 Å². The SMILES string of the molecule is COC1C(OC(=O)OCc2ccccc2)OC2COC(C)OC2C1OC. The zero-order valence-corrected chi connectivity index (χ0v) is 15.0. The van der Waals surface area contributed by atoms with Crippen molar-refractivity contribution in [3.63, 3.8) is 0 Å². The highest BCUT2D eigenvalue weighted by molar-refractivity contribution is 5.60. The van der Waals surface area contributed by atoms with Crippen LogP contribution in [0.4, 0.5) is 4.79 Å². The van der Waals surface area contributed by atoms with Gasteiger partial charge in [-0.3, -0.25) is 0 Å². The molecule has 0 radical (unpaired) electrons. The Labute approximate surface area is 152 Å². The van der Waals surface area contributed by atoms with Crippen molar-refractivity contribution in [1.82, 2.24) is 0 Å². The lowest BCUT2D eigenvalue weighted by Gasteiger charge is -2.47. The van der Waals surface area contributed by atoms with Crippen molar-refractivity contribution in [2.75, 3.05) is 20.8 Å². The van der Waals surface area contributed by atoms with Gasteiger partial charge in [0, 0.05) is 14.2 Å². The highest BCUT2D eigenvalue weighted by atomic mass is 16.8. The minimum atomic E-state index is -0.991. The average Bonchev–Trinajstić information content (AvgIpc) is 2.66. The van der Waals surface area contributed by atoms with E-state index in [-0.39, 0.29) is 19.0 Å². The minimum Gasteiger partial charge on any atom is -0.429 e. The van der Waals surface area contributed by atoms with E-state index in [1.165, 1.54) is 7.11 Å². The van der Waals surface area contributed by atoms with Crippen LogP contribution in [0.3, 0.4) is 0 Å². The number of carbonyl (C=O) groups excluding carboxylic acids is 1. The minimum absolute atomic E-state index is 0.105. The molecule has 0 spiro atoms. The summed E-state index contributed by atoms with van der Waals surface area (Å²) in [7, 11) is 3.04. The van der Waals surface area contributed by atoms with Crippen molar-refractivity contribution in [1.29, 1.82) is 0 Å². The molecule has 2 aliphatic heterocycles. The molecule has 0 amide bonds. The first kappa shape index (κ1) is 19.1. The van der Waals surface area contributed by atoms with Gasteiger partial charge in [-0.05, 0) is 12.5 Å². The molecule has 2 fully saturated rings. The van der Waals surface area contributed by atoms with Crippen LogP contribution in [0.2, 0.25) is 0 Å². The lowest BCUT2D eigenvalue weighted by atomic mass is 9.98. The topological polar surface area (TPSA) is 81.7 Å². The van der Waals surface area contributed by atoms with E-state index in [0.717, 1.165) is 5.56 Å². The van der Waals surface area contributed by atoms with Crippen LogP contribution in [-0.2, 0) is 39.8 Å². The number of hydrogen-bond acceptors (Lipinski definition) is 8. The first-order chi connectivity index (χ1) is 12.6. The number of benzene rings is 1. The number of carbonyl (C=O) groups is 1. The van der Waals surface area contributed by atoms with Crippen molar-refractivity contribution in [2.24, 2.45) is 0 Å². The molecule has 1 aromatic carbocycles. The number of hydrogen-bond donors (Lipinski definition) is 0. The molecule has 0 aromatic heterocycles. The Balaban J connectivity index is 1.61. The summed E-state index contributed by atoms with van der Waals surface area (Å²) in [6.07, 6.45) is -4.16. The predicted molar refractivity (Wildman–Crippen MR) is 88.3 cm³/mol. The molecule has 3 rings (SSSR count). The summed E-state index contributed by atoms with van der Waals surface area (Å²) in [6, 6.07) is 9.32. The molecule has 144 valence electrons. The largest absolute Gasteiger partial charge is 0.511 e. The van der Waals surface area contributed by atoms with E-state index in [9.17, 15) is 4.79 Å². The van der Waals surface area contributed by atoms with Crippen LogP contribution in [0.1, 0.15) is 12.5 Å². The second-order valence-corrected chi connectivity index (χ2v) is 6.09. The Bertz CT molecular complexity index is 580. The van der Waals surface area contributed by atoms with Crippen molar-refractivity contribution in [3.05, 3.63) is 35.9 Å². The molecule has 8 heteroatoms. The molecule has 6 unspecified atom stereocenters. The zero-order valence-electron chi connectivity index (χ0n) is 15.0. The third-order valence-electron chi connectivity index (χ3n) is 4.39. The van der Waals surface area contributed by atoms with Crippen LogP contribution in [0.15, 0.2) is 30.3 Å². The number of fused-ring (bicyclic) bond motifs is 1. The summed E-state index contributed by atoms with van der Waals surface area (Å²) in [5.41, 5.74) is 0.857. The highest BCUT2D eigenvalue weighted by Crippen LogP contribution is 2.31. The lowest BCUT2D eigenvalue weighted by Crippen LogP contribution is -2.64. The first-order valence-electron chi connectivity index (χ1n) is 8.48. The second-order valence-electron chi connectivity index (χ2n) is 6.09. The monoisotopic (exact) mass is 368 g/mol. The van der Waals surface area contributed by atoms with Gasteiger partial charge in [-0.15, -0.1) is 0 Å². The fourth-order valence-electron chi connectivity index (χ4n) is 3.12. The quantitative estimate of drug-likeness (QED) is 0.729. The molecular weight excluding hydrogens is 344 g/mol. The average molecular weight is 368 g/mol. The fourth-order valence-corrected chi connectivity index (χ4v) is 3.12. The lowest BCUT2D eigenvalue weighted by molar-refractivity contribution is -0.354. The summed E-state index contributed by atoms with van der Waals surface area (Å²) in [4.78, 5) is 12.1. The van der Waals surface area contributed by atoms with E-state index in [2.05, 4.69) is 0 Å². The second kappa shape index (κ2) is 8.79. The molecule has 6 atom stereocenters. The molecular formula is C18H24O8. The summed E-state index contributed by atoms with van der Waals surface area (Å²) in [5.74, 6) is 0. The first-order valence-corrected chi connectivity index (χ1v) is 8.48. The Morgan fingerprint density at radius 2 is 1.85 bits per heavy atom. The van der Waals surface area contributed by atoms with Gasteiger partial charge in [0.1, 0.15) is 31.0 Å². The van der Waals surface area contributed by atoms with E-state index in [1.54, 1.807) is 14.0 Å². The van der Waals surface area contributed by atoms with Gasteiger partial charge in [0.05, 0.1) is 6.61 Å². The van der Waals surface area contributed by atoms with E-state index in [4.69, 9.17) is 33.2 Å². The van der Waals surface area contributed by atoms with Crippen LogP contribution in [0.5, 0.6) is 0 Å². The van der Waals surface area contributed by atoms with Crippen LogP contribution >= 0.6 is 0 Å². The zero-order chi connectivity index (χ0) is 18.5. The van der Waals surface area contributed by atoms with E-state index < -0.39 is 30.8 Å². The molecule has 26 heavy (non-hydrogen) atoms. The third-order valence-corrected chi connectivity index (χ3v) is 4.39. The van der Waals surface area contributed by atoms with Gasteiger partial charge >= 0.3 is 6.16 Å². The van der Waals surface area contributed by atoms with Crippen LogP contribution in [0.25, 0.3) is 0 Å². The molecule has 0 bridgehead atoms. The van der Waals surface area contributed by atoms with E-state index >= 15 is 0 Å². The molecule has 2 saturated heterocycles. The molecule has 0 saturated carbocycles. The normalized spacial score (nSPS) is 34.0. The number of rotatable bonds is 5. The van der Waals surface area contributed by atoms with Gasteiger partial charge in [-0.25, -0.2) is 4.79 Å². The molecule has 8 nitrogen and oxygen atoms in total.